The zero-order chi connectivity index (χ0) is 18.1. The Morgan fingerprint density at radius 1 is 1.08 bits per heavy atom. The van der Waals surface area contributed by atoms with Gasteiger partial charge >= 0.3 is 0 Å². The number of aryl methyl sites for hydroxylation is 2. The van der Waals surface area contributed by atoms with E-state index in [4.69, 9.17) is 0 Å². The van der Waals surface area contributed by atoms with Gasteiger partial charge in [0.15, 0.2) is 0 Å². The van der Waals surface area contributed by atoms with Gasteiger partial charge in [0.05, 0.1) is 11.1 Å². The van der Waals surface area contributed by atoms with E-state index in [1.807, 2.05) is 56.4 Å². The summed E-state index contributed by atoms with van der Waals surface area (Å²) < 4.78 is 0. The highest BCUT2D eigenvalue weighted by molar-refractivity contribution is 6.06. The minimum Gasteiger partial charge on any atom is -0.361 e. The van der Waals surface area contributed by atoms with Crippen LogP contribution in [-0.4, -0.2) is 22.4 Å². The van der Waals surface area contributed by atoms with Crippen LogP contribution in [0.5, 0.6) is 0 Å². The van der Waals surface area contributed by atoms with Gasteiger partial charge in [0, 0.05) is 34.7 Å². The molecule has 4 aromatic rings. The van der Waals surface area contributed by atoms with Gasteiger partial charge in [-0.3, -0.25) is 9.78 Å². The molecule has 2 heterocycles. The van der Waals surface area contributed by atoms with Crippen LogP contribution in [0.4, 0.5) is 0 Å². The van der Waals surface area contributed by atoms with E-state index >= 15 is 0 Å². The highest BCUT2D eigenvalue weighted by atomic mass is 16.1. The van der Waals surface area contributed by atoms with Crippen LogP contribution in [0.15, 0.2) is 54.7 Å². The van der Waals surface area contributed by atoms with Crippen molar-refractivity contribution in [1.82, 2.24) is 15.3 Å². The van der Waals surface area contributed by atoms with Gasteiger partial charge in [-0.1, -0.05) is 29.8 Å². The number of hydrogen-bond donors (Lipinski definition) is 2. The molecule has 0 aliphatic rings. The molecule has 4 heteroatoms. The van der Waals surface area contributed by atoms with E-state index in [0.29, 0.717) is 12.1 Å². The van der Waals surface area contributed by atoms with Crippen LogP contribution in [0.3, 0.4) is 0 Å². The number of aromatic amines is 1. The van der Waals surface area contributed by atoms with Gasteiger partial charge in [0.25, 0.3) is 5.91 Å². The lowest BCUT2D eigenvalue weighted by Gasteiger charge is -2.10. The molecular weight excluding hydrogens is 322 g/mol. The van der Waals surface area contributed by atoms with E-state index in [1.54, 1.807) is 0 Å². The smallest absolute Gasteiger partial charge is 0.252 e. The second kappa shape index (κ2) is 6.64. The number of fused-ring (bicyclic) bond motifs is 2. The van der Waals surface area contributed by atoms with Gasteiger partial charge in [-0.2, -0.15) is 0 Å². The van der Waals surface area contributed by atoms with E-state index in [-0.39, 0.29) is 5.91 Å². The molecule has 2 aromatic heterocycles. The lowest BCUT2D eigenvalue weighted by atomic mass is 10.0. The average molecular weight is 343 g/mol. The third-order valence-corrected chi connectivity index (χ3v) is 4.69. The fraction of sp³-hybridized carbons (Fsp3) is 0.182. The highest BCUT2D eigenvalue weighted by Crippen LogP contribution is 2.20. The van der Waals surface area contributed by atoms with Crippen LogP contribution in [0, 0.1) is 13.8 Å². The number of rotatable bonds is 4. The first-order chi connectivity index (χ1) is 12.6. The minimum atomic E-state index is -0.0501. The molecule has 0 saturated carbocycles. The maximum absolute atomic E-state index is 12.8. The molecule has 0 saturated heterocycles. The quantitative estimate of drug-likeness (QED) is 0.580. The van der Waals surface area contributed by atoms with Crippen LogP contribution in [-0.2, 0) is 6.42 Å². The van der Waals surface area contributed by atoms with Crippen LogP contribution in [0.1, 0.15) is 27.2 Å². The Morgan fingerprint density at radius 3 is 2.81 bits per heavy atom. The molecule has 0 radical (unpaired) electrons. The molecule has 2 aromatic carbocycles. The number of amides is 1. The standard InChI is InChI=1S/C22H21N3O/c1-14-7-8-21-18(11-14)19(12-15(2)25-21)22(26)23-10-9-16-13-24-20-6-4-3-5-17(16)20/h3-8,11-13,24H,9-10H2,1-2H3,(H,23,26). The van der Waals surface area contributed by atoms with Crippen molar-refractivity contribution in [2.24, 2.45) is 0 Å². The number of pyridine rings is 1. The van der Waals surface area contributed by atoms with Crippen molar-refractivity contribution in [1.29, 1.82) is 0 Å². The second-order valence-corrected chi connectivity index (χ2v) is 6.70. The number of H-pyrrole nitrogens is 1. The number of carbonyl (C=O) groups excluding carboxylic acids is 1. The van der Waals surface area contributed by atoms with Gasteiger partial charge in [-0.25, -0.2) is 0 Å². The monoisotopic (exact) mass is 343 g/mol. The molecule has 0 unspecified atom stereocenters. The molecule has 0 fully saturated rings. The van der Waals surface area contributed by atoms with Crippen molar-refractivity contribution >= 4 is 27.7 Å². The summed E-state index contributed by atoms with van der Waals surface area (Å²) in [6.07, 6.45) is 2.81. The summed E-state index contributed by atoms with van der Waals surface area (Å²) in [5.41, 5.74) is 5.86. The average Bonchev–Trinajstić information content (AvgIpc) is 3.04. The number of aromatic nitrogens is 2. The van der Waals surface area contributed by atoms with Crippen molar-refractivity contribution in [3.8, 4) is 0 Å². The van der Waals surface area contributed by atoms with Crippen molar-refractivity contribution in [2.75, 3.05) is 6.54 Å². The molecule has 4 rings (SSSR count). The molecule has 0 aliphatic heterocycles. The highest BCUT2D eigenvalue weighted by Gasteiger charge is 2.12. The molecular formula is C22H21N3O. The number of nitrogens with one attached hydrogen (secondary N) is 2. The van der Waals surface area contributed by atoms with E-state index in [0.717, 1.165) is 34.1 Å². The number of hydrogen-bond acceptors (Lipinski definition) is 2. The van der Waals surface area contributed by atoms with E-state index < -0.39 is 0 Å². The number of para-hydroxylation sites is 1. The Kier molecular flexibility index (Phi) is 4.17. The zero-order valence-corrected chi connectivity index (χ0v) is 15.0. The van der Waals surface area contributed by atoms with Crippen LogP contribution >= 0.6 is 0 Å². The Labute approximate surface area is 152 Å². The fourth-order valence-electron chi connectivity index (χ4n) is 3.40. The molecule has 4 nitrogen and oxygen atoms in total. The predicted molar refractivity (Wildman–Crippen MR) is 106 cm³/mol. The normalized spacial score (nSPS) is 11.2. The van der Waals surface area contributed by atoms with Crippen molar-refractivity contribution in [2.45, 2.75) is 20.3 Å². The SMILES string of the molecule is Cc1ccc2nc(C)cc(C(=O)NCCc3c[nH]c4ccccc34)c2c1. The lowest BCUT2D eigenvalue weighted by molar-refractivity contribution is 0.0955. The molecule has 0 spiro atoms. The molecule has 0 aliphatic carbocycles. The summed E-state index contributed by atoms with van der Waals surface area (Å²) in [5, 5.41) is 5.17. The zero-order valence-electron chi connectivity index (χ0n) is 15.0. The molecule has 0 atom stereocenters. The maximum atomic E-state index is 12.8. The first kappa shape index (κ1) is 16.3. The van der Waals surface area contributed by atoms with Gasteiger partial charge in [-0.15, -0.1) is 0 Å². The number of nitrogens with zero attached hydrogens (tertiary/aromatic N) is 1. The number of carbonyl (C=O) groups is 1. The first-order valence-electron chi connectivity index (χ1n) is 8.83. The van der Waals surface area contributed by atoms with Gasteiger partial charge < -0.3 is 10.3 Å². The van der Waals surface area contributed by atoms with Gasteiger partial charge in [0.1, 0.15) is 0 Å². The van der Waals surface area contributed by atoms with Crippen molar-refractivity contribution in [3.05, 3.63) is 77.1 Å². The summed E-state index contributed by atoms with van der Waals surface area (Å²) in [6, 6.07) is 16.1. The largest absolute Gasteiger partial charge is 0.361 e. The summed E-state index contributed by atoms with van der Waals surface area (Å²) in [7, 11) is 0. The molecule has 2 N–H and O–H groups in total. The number of benzene rings is 2. The Morgan fingerprint density at radius 2 is 1.92 bits per heavy atom. The van der Waals surface area contributed by atoms with E-state index in [1.165, 1.54) is 10.9 Å². The van der Waals surface area contributed by atoms with Gasteiger partial charge in [-0.05, 0) is 50.1 Å². The van der Waals surface area contributed by atoms with Crippen LogP contribution in [0.25, 0.3) is 21.8 Å². The lowest BCUT2D eigenvalue weighted by Crippen LogP contribution is -2.26. The molecule has 26 heavy (non-hydrogen) atoms. The summed E-state index contributed by atoms with van der Waals surface area (Å²) >= 11 is 0. The third kappa shape index (κ3) is 3.06. The van der Waals surface area contributed by atoms with E-state index in [9.17, 15) is 4.79 Å². The van der Waals surface area contributed by atoms with Crippen LogP contribution < -0.4 is 5.32 Å². The first-order valence-corrected chi connectivity index (χ1v) is 8.83. The van der Waals surface area contributed by atoms with Crippen molar-refractivity contribution in [3.63, 3.8) is 0 Å². The maximum Gasteiger partial charge on any atom is 0.252 e. The summed E-state index contributed by atoms with van der Waals surface area (Å²) in [4.78, 5) is 20.6. The summed E-state index contributed by atoms with van der Waals surface area (Å²) in [5.74, 6) is -0.0501. The molecule has 0 bridgehead atoms. The Hall–Kier alpha value is -3.14. The molecule has 1 amide bonds. The van der Waals surface area contributed by atoms with Gasteiger partial charge in [0.2, 0.25) is 0 Å². The predicted octanol–water partition coefficient (Wildman–Crippen LogP) is 4.31. The fourth-order valence-corrected chi connectivity index (χ4v) is 3.40. The Bertz CT molecular complexity index is 1110. The summed E-state index contributed by atoms with van der Waals surface area (Å²) in [6.45, 7) is 4.54. The van der Waals surface area contributed by atoms with Crippen molar-refractivity contribution < 1.29 is 4.79 Å². The topological polar surface area (TPSA) is 57.8 Å². The van der Waals surface area contributed by atoms with Crippen LogP contribution in [0.2, 0.25) is 0 Å². The Balaban J connectivity index is 1.53. The minimum absolute atomic E-state index is 0.0501. The second-order valence-electron chi connectivity index (χ2n) is 6.70. The third-order valence-electron chi connectivity index (χ3n) is 4.69. The molecule has 130 valence electrons. The van der Waals surface area contributed by atoms with E-state index in [2.05, 4.69) is 27.4 Å².